The Balaban J connectivity index is 3.03. The molecule has 5 heteroatoms. The summed E-state index contributed by atoms with van der Waals surface area (Å²) in [6.45, 7) is 2.41. The van der Waals surface area contributed by atoms with Crippen LogP contribution in [-0.2, 0) is 6.54 Å². The van der Waals surface area contributed by atoms with Crippen molar-refractivity contribution >= 4 is 6.03 Å². The summed E-state index contributed by atoms with van der Waals surface area (Å²) >= 11 is 0. The Morgan fingerprint density at radius 2 is 1.89 bits per heavy atom. The maximum absolute atomic E-state index is 11.5. The van der Waals surface area contributed by atoms with Gasteiger partial charge in [0.05, 0.1) is 20.8 Å². The van der Waals surface area contributed by atoms with Crippen LogP contribution in [0, 0.1) is 6.92 Å². The minimum absolute atomic E-state index is 0.142. The first-order valence-electron chi connectivity index (χ1n) is 5.67. The highest BCUT2D eigenvalue weighted by Gasteiger charge is 2.13. The minimum atomic E-state index is -0.142. The Morgan fingerprint density at radius 3 is 2.39 bits per heavy atom. The van der Waals surface area contributed by atoms with Crippen molar-refractivity contribution in [3.05, 3.63) is 23.3 Å². The van der Waals surface area contributed by atoms with Gasteiger partial charge in [-0.15, -0.1) is 0 Å². The van der Waals surface area contributed by atoms with Gasteiger partial charge in [-0.05, 0) is 24.6 Å². The zero-order valence-corrected chi connectivity index (χ0v) is 11.5. The molecule has 0 aliphatic rings. The van der Waals surface area contributed by atoms with E-state index in [0.717, 1.165) is 22.6 Å². The number of nitrogens with zero attached hydrogens (tertiary/aromatic N) is 1. The molecule has 1 rings (SSSR count). The Kier molecular flexibility index (Phi) is 4.83. The lowest BCUT2D eigenvalue weighted by atomic mass is 10.1. The number of methoxy groups -OCH3 is 2. The first kappa shape index (κ1) is 14.2. The van der Waals surface area contributed by atoms with Crippen molar-refractivity contribution in [3.63, 3.8) is 0 Å². The summed E-state index contributed by atoms with van der Waals surface area (Å²) in [6, 6.07) is 3.66. The number of carbonyl (C=O) groups excluding carboxylic acids is 1. The van der Waals surface area contributed by atoms with Gasteiger partial charge < -0.3 is 19.7 Å². The number of ether oxygens (including phenoxy) is 2. The molecule has 0 unspecified atom stereocenters. The van der Waals surface area contributed by atoms with Crippen molar-refractivity contribution in [2.24, 2.45) is 0 Å². The van der Waals surface area contributed by atoms with E-state index in [2.05, 4.69) is 5.32 Å². The fraction of sp³-hybridized carbons (Fsp3) is 0.462. The molecule has 0 spiro atoms. The van der Waals surface area contributed by atoms with E-state index >= 15 is 0 Å². The summed E-state index contributed by atoms with van der Waals surface area (Å²) in [6.07, 6.45) is 0. The molecule has 1 aromatic rings. The smallest absolute Gasteiger partial charge is 0.317 e. The van der Waals surface area contributed by atoms with Crippen molar-refractivity contribution in [2.75, 3.05) is 28.3 Å². The third-order valence-electron chi connectivity index (χ3n) is 2.77. The standard InChI is InChI=1S/C13H20N2O3/c1-9-6-12(18-5)10(7-11(9)17-4)8-15(3)13(16)14-2/h6-7H,8H2,1-5H3,(H,14,16). The molecule has 1 aromatic carbocycles. The van der Waals surface area contributed by atoms with Gasteiger partial charge in [-0.25, -0.2) is 4.79 Å². The first-order valence-corrected chi connectivity index (χ1v) is 5.67. The number of hydrogen-bond donors (Lipinski definition) is 1. The average Bonchev–Trinajstić information content (AvgIpc) is 2.38. The number of carbonyl (C=O) groups is 1. The van der Waals surface area contributed by atoms with Gasteiger partial charge in [0.2, 0.25) is 0 Å². The van der Waals surface area contributed by atoms with Crippen LogP contribution in [0.1, 0.15) is 11.1 Å². The second-order valence-electron chi connectivity index (χ2n) is 4.04. The monoisotopic (exact) mass is 252 g/mol. The summed E-state index contributed by atoms with van der Waals surface area (Å²) in [5, 5.41) is 2.58. The largest absolute Gasteiger partial charge is 0.496 e. The summed E-state index contributed by atoms with van der Waals surface area (Å²) in [4.78, 5) is 13.1. The van der Waals surface area contributed by atoms with E-state index in [4.69, 9.17) is 9.47 Å². The molecular weight excluding hydrogens is 232 g/mol. The third-order valence-corrected chi connectivity index (χ3v) is 2.77. The van der Waals surface area contributed by atoms with Crippen LogP contribution in [0.2, 0.25) is 0 Å². The molecule has 2 amide bonds. The van der Waals surface area contributed by atoms with E-state index in [1.807, 2.05) is 19.1 Å². The minimum Gasteiger partial charge on any atom is -0.496 e. The topological polar surface area (TPSA) is 50.8 Å². The second kappa shape index (κ2) is 6.14. The molecule has 0 atom stereocenters. The number of aryl methyl sites for hydroxylation is 1. The van der Waals surface area contributed by atoms with Crippen LogP contribution in [-0.4, -0.2) is 39.2 Å². The number of hydrogen-bond acceptors (Lipinski definition) is 3. The predicted molar refractivity (Wildman–Crippen MR) is 70.2 cm³/mol. The molecule has 0 saturated heterocycles. The first-order chi connectivity index (χ1) is 8.53. The molecule has 0 heterocycles. The van der Waals surface area contributed by atoms with Crippen LogP contribution >= 0.6 is 0 Å². The molecule has 5 nitrogen and oxygen atoms in total. The second-order valence-corrected chi connectivity index (χ2v) is 4.04. The summed E-state index contributed by atoms with van der Waals surface area (Å²) in [7, 11) is 6.57. The summed E-state index contributed by atoms with van der Waals surface area (Å²) in [5.41, 5.74) is 1.91. The molecule has 0 saturated carbocycles. The highest BCUT2D eigenvalue weighted by atomic mass is 16.5. The van der Waals surface area contributed by atoms with Crippen LogP contribution in [0.5, 0.6) is 11.5 Å². The van der Waals surface area contributed by atoms with Crippen molar-refractivity contribution in [1.29, 1.82) is 0 Å². The summed E-state index contributed by atoms with van der Waals surface area (Å²) < 4.78 is 10.6. The number of urea groups is 1. The SMILES string of the molecule is CNC(=O)N(C)Cc1cc(OC)c(C)cc1OC. The molecule has 0 radical (unpaired) electrons. The van der Waals surface area contributed by atoms with Gasteiger partial charge in [0, 0.05) is 19.7 Å². The Bertz CT molecular complexity index is 432. The van der Waals surface area contributed by atoms with Gasteiger partial charge in [0.25, 0.3) is 0 Å². The molecule has 18 heavy (non-hydrogen) atoms. The molecule has 1 N–H and O–H groups in total. The van der Waals surface area contributed by atoms with E-state index < -0.39 is 0 Å². The Labute approximate surface area is 108 Å². The number of benzene rings is 1. The lowest BCUT2D eigenvalue weighted by molar-refractivity contribution is 0.208. The highest BCUT2D eigenvalue weighted by Crippen LogP contribution is 2.28. The van der Waals surface area contributed by atoms with E-state index in [-0.39, 0.29) is 6.03 Å². The van der Waals surface area contributed by atoms with Crippen molar-refractivity contribution in [2.45, 2.75) is 13.5 Å². The van der Waals surface area contributed by atoms with E-state index in [1.54, 1.807) is 33.2 Å². The van der Waals surface area contributed by atoms with Gasteiger partial charge in [-0.3, -0.25) is 0 Å². The lowest BCUT2D eigenvalue weighted by Crippen LogP contribution is -2.34. The maximum Gasteiger partial charge on any atom is 0.317 e. The third kappa shape index (κ3) is 3.06. The number of nitrogens with one attached hydrogen (secondary N) is 1. The van der Waals surface area contributed by atoms with Crippen molar-refractivity contribution in [3.8, 4) is 11.5 Å². The van der Waals surface area contributed by atoms with Crippen LogP contribution in [0.15, 0.2) is 12.1 Å². The molecule has 0 aliphatic heterocycles. The molecule has 0 aliphatic carbocycles. The average molecular weight is 252 g/mol. The van der Waals surface area contributed by atoms with E-state index in [9.17, 15) is 4.79 Å². The number of amides is 2. The fourth-order valence-electron chi connectivity index (χ4n) is 1.76. The quantitative estimate of drug-likeness (QED) is 0.888. The van der Waals surface area contributed by atoms with Gasteiger partial charge in [-0.1, -0.05) is 0 Å². The lowest BCUT2D eigenvalue weighted by Gasteiger charge is -2.19. The fourth-order valence-corrected chi connectivity index (χ4v) is 1.76. The van der Waals surface area contributed by atoms with Gasteiger partial charge >= 0.3 is 6.03 Å². The molecular formula is C13H20N2O3. The van der Waals surface area contributed by atoms with Crippen LogP contribution < -0.4 is 14.8 Å². The molecule has 0 aromatic heterocycles. The van der Waals surface area contributed by atoms with Crippen LogP contribution in [0.3, 0.4) is 0 Å². The van der Waals surface area contributed by atoms with Crippen LogP contribution in [0.4, 0.5) is 4.79 Å². The Morgan fingerprint density at radius 1 is 1.28 bits per heavy atom. The van der Waals surface area contributed by atoms with E-state index in [0.29, 0.717) is 6.54 Å². The Hall–Kier alpha value is -1.91. The molecule has 0 bridgehead atoms. The summed E-state index contributed by atoms with van der Waals surface area (Å²) in [5.74, 6) is 1.54. The zero-order valence-electron chi connectivity index (χ0n) is 11.5. The predicted octanol–water partition coefficient (Wildman–Crippen LogP) is 1.78. The van der Waals surface area contributed by atoms with Gasteiger partial charge in [-0.2, -0.15) is 0 Å². The van der Waals surface area contributed by atoms with Crippen molar-refractivity contribution < 1.29 is 14.3 Å². The highest BCUT2D eigenvalue weighted by molar-refractivity contribution is 5.73. The molecule has 0 fully saturated rings. The maximum atomic E-state index is 11.5. The van der Waals surface area contributed by atoms with Crippen molar-refractivity contribution in [1.82, 2.24) is 10.2 Å². The number of rotatable bonds is 4. The van der Waals surface area contributed by atoms with E-state index in [1.165, 1.54) is 0 Å². The van der Waals surface area contributed by atoms with Crippen LogP contribution in [0.25, 0.3) is 0 Å². The normalized spacial score (nSPS) is 9.83. The zero-order chi connectivity index (χ0) is 13.7. The molecule has 100 valence electrons. The van der Waals surface area contributed by atoms with Gasteiger partial charge in [0.15, 0.2) is 0 Å². The van der Waals surface area contributed by atoms with Gasteiger partial charge in [0.1, 0.15) is 11.5 Å².